The molecule has 1 saturated heterocycles. The molecule has 0 aromatic heterocycles. The lowest BCUT2D eigenvalue weighted by atomic mass is 10.1. The van der Waals surface area contributed by atoms with E-state index in [-0.39, 0.29) is 17.5 Å². The first-order valence-electron chi connectivity index (χ1n) is 5.95. The van der Waals surface area contributed by atoms with Gasteiger partial charge in [0.1, 0.15) is 17.3 Å². The minimum atomic E-state index is -0.891. The average Bonchev–Trinajstić information content (AvgIpc) is 2.63. The first kappa shape index (κ1) is 12.8. The van der Waals surface area contributed by atoms with Gasteiger partial charge in [0.25, 0.3) is 5.91 Å². The summed E-state index contributed by atoms with van der Waals surface area (Å²) in [6, 6.07) is 2.09. The van der Waals surface area contributed by atoms with Crippen molar-refractivity contribution in [2.45, 2.75) is 26.3 Å². The van der Waals surface area contributed by atoms with Crippen LogP contribution < -0.4 is 5.73 Å². The topological polar surface area (TPSA) is 46.3 Å². The second-order valence-corrected chi connectivity index (χ2v) is 5.00. The summed E-state index contributed by atoms with van der Waals surface area (Å²) in [6.07, 6.45) is 0.908. The van der Waals surface area contributed by atoms with Gasteiger partial charge >= 0.3 is 0 Å². The lowest BCUT2D eigenvalue weighted by molar-refractivity contribution is 0.0743. The van der Waals surface area contributed by atoms with E-state index in [9.17, 15) is 13.6 Å². The maximum absolute atomic E-state index is 13.3. The molecule has 1 aliphatic heterocycles. The van der Waals surface area contributed by atoms with Crippen LogP contribution in [0.15, 0.2) is 12.1 Å². The Bertz CT molecular complexity index is 467. The zero-order chi connectivity index (χ0) is 13.4. The highest BCUT2D eigenvalue weighted by atomic mass is 19.1. The third-order valence-electron chi connectivity index (χ3n) is 3.37. The van der Waals surface area contributed by atoms with Crippen molar-refractivity contribution in [3.63, 3.8) is 0 Å². The third-order valence-corrected chi connectivity index (χ3v) is 3.37. The predicted octanol–water partition coefficient (Wildman–Crippen LogP) is 2.42. The average molecular weight is 254 g/mol. The van der Waals surface area contributed by atoms with Crippen LogP contribution in [-0.2, 0) is 0 Å². The molecule has 1 aromatic rings. The maximum atomic E-state index is 13.3. The molecule has 2 N–H and O–H groups in total. The standard InChI is InChI=1S/C13H16F2N2O/c1-7-3-8(2)17(6-7)13(18)9-4-10(14)12(16)11(15)5-9/h4-5,7-8H,3,6,16H2,1-2H3. The molecular weight excluding hydrogens is 238 g/mol. The molecule has 0 radical (unpaired) electrons. The van der Waals surface area contributed by atoms with Gasteiger partial charge in [-0.2, -0.15) is 0 Å². The van der Waals surface area contributed by atoms with Gasteiger partial charge < -0.3 is 10.6 Å². The fourth-order valence-corrected chi connectivity index (χ4v) is 2.46. The SMILES string of the molecule is CC1CC(C)N(C(=O)c2cc(F)c(N)c(F)c2)C1. The summed E-state index contributed by atoms with van der Waals surface area (Å²) in [5.74, 6) is -1.71. The van der Waals surface area contributed by atoms with E-state index in [0.717, 1.165) is 18.6 Å². The highest BCUT2D eigenvalue weighted by Gasteiger charge is 2.31. The molecular formula is C13H16F2N2O. The van der Waals surface area contributed by atoms with Gasteiger partial charge in [0.05, 0.1) is 0 Å². The van der Waals surface area contributed by atoms with Crippen LogP contribution in [0, 0.1) is 17.6 Å². The van der Waals surface area contributed by atoms with Gasteiger partial charge in [-0.05, 0) is 31.4 Å². The molecule has 0 aliphatic carbocycles. The fourth-order valence-electron chi connectivity index (χ4n) is 2.46. The van der Waals surface area contributed by atoms with Crippen LogP contribution in [-0.4, -0.2) is 23.4 Å². The van der Waals surface area contributed by atoms with E-state index in [4.69, 9.17) is 5.73 Å². The molecule has 1 aliphatic rings. The second-order valence-electron chi connectivity index (χ2n) is 5.00. The quantitative estimate of drug-likeness (QED) is 0.782. The number of anilines is 1. The van der Waals surface area contributed by atoms with Crippen molar-refractivity contribution in [2.75, 3.05) is 12.3 Å². The number of amides is 1. The minimum absolute atomic E-state index is 0.0140. The number of likely N-dealkylation sites (tertiary alicyclic amines) is 1. The highest BCUT2D eigenvalue weighted by Crippen LogP contribution is 2.25. The maximum Gasteiger partial charge on any atom is 0.254 e. The van der Waals surface area contributed by atoms with Crippen LogP contribution in [0.3, 0.4) is 0 Å². The molecule has 2 rings (SSSR count). The lowest BCUT2D eigenvalue weighted by Gasteiger charge is -2.21. The van der Waals surface area contributed by atoms with Crippen LogP contribution in [0.4, 0.5) is 14.5 Å². The lowest BCUT2D eigenvalue weighted by Crippen LogP contribution is -2.34. The number of nitrogens with zero attached hydrogens (tertiary/aromatic N) is 1. The monoisotopic (exact) mass is 254 g/mol. The number of hydrogen-bond acceptors (Lipinski definition) is 2. The predicted molar refractivity (Wildman–Crippen MR) is 65.0 cm³/mol. The third kappa shape index (κ3) is 2.17. The Morgan fingerprint density at radius 2 is 1.89 bits per heavy atom. The zero-order valence-corrected chi connectivity index (χ0v) is 10.4. The molecule has 98 valence electrons. The van der Waals surface area contributed by atoms with E-state index in [0.29, 0.717) is 12.5 Å². The van der Waals surface area contributed by atoms with Crippen LogP contribution in [0.25, 0.3) is 0 Å². The van der Waals surface area contributed by atoms with Crippen molar-refractivity contribution in [3.8, 4) is 0 Å². The van der Waals surface area contributed by atoms with Crippen LogP contribution >= 0.6 is 0 Å². The van der Waals surface area contributed by atoms with E-state index in [1.54, 1.807) is 4.90 Å². The van der Waals surface area contributed by atoms with Crippen molar-refractivity contribution in [3.05, 3.63) is 29.3 Å². The van der Waals surface area contributed by atoms with E-state index < -0.39 is 17.3 Å². The number of carbonyl (C=O) groups excluding carboxylic acids is 1. The van der Waals surface area contributed by atoms with E-state index in [1.165, 1.54) is 0 Å². The number of halogens is 2. The van der Waals surface area contributed by atoms with E-state index >= 15 is 0 Å². The normalized spacial score (nSPS) is 23.4. The van der Waals surface area contributed by atoms with Crippen molar-refractivity contribution in [2.24, 2.45) is 5.92 Å². The number of nitrogens with two attached hydrogens (primary N) is 1. The Labute approximate surface area is 105 Å². The Morgan fingerprint density at radius 3 is 2.33 bits per heavy atom. The van der Waals surface area contributed by atoms with Crippen molar-refractivity contribution >= 4 is 11.6 Å². The molecule has 1 amide bonds. The highest BCUT2D eigenvalue weighted by molar-refractivity contribution is 5.95. The van der Waals surface area contributed by atoms with Crippen molar-refractivity contribution < 1.29 is 13.6 Å². The van der Waals surface area contributed by atoms with Crippen LogP contribution in [0.5, 0.6) is 0 Å². The molecule has 3 nitrogen and oxygen atoms in total. The number of nitrogen functional groups attached to an aromatic ring is 1. The van der Waals surface area contributed by atoms with Crippen molar-refractivity contribution in [1.82, 2.24) is 4.90 Å². The van der Waals surface area contributed by atoms with Gasteiger partial charge in [-0.15, -0.1) is 0 Å². The summed E-state index contributed by atoms with van der Waals surface area (Å²) in [5.41, 5.74) is 4.65. The van der Waals surface area contributed by atoms with Gasteiger partial charge in [-0.25, -0.2) is 8.78 Å². The Hall–Kier alpha value is -1.65. The molecule has 0 bridgehead atoms. The van der Waals surface area contributed by atoms with Gasteiger partial charge in [0.15, 0.2) is 0 Å². The summed E-state index contributed by atoms with van der Waals surface area (Å²) in [4.78, 5) is 13.8. The molecule has 0 saturated carbocycles. The number of benzene rings is 1. The first-order chi connectivity index (χ1) is 8.40. The Morgan fingerprint density at radius 1 is 1.33 bits per heavy atom. The molecule has 18 heavy (non-hydrogen) atoms. The molecule has 0 spiro atoms. The first-order valence-corrected chi connectivity index (χ1v) is 5.95. The Balaban J connectivity index is 2.29. The number of carbonyl (C=O) groups is 1. The van der Waals surface area contributed by atoms with Crippen LogP contribution in [0.2, 0.25) is 0 Å². The fraction of sp³-hybridized carbons (Fsp3) is 0.462. The Kier molecular flexibility index (Phi) is 3.24. The molecule has 1 aromatic carbocycles. The summed E-state index contributed by atoms with van der Waals surface area (Å²) in [7, 11) is 0. The molecule has 1 heterocycles. The minimum Gasteiger partial charge on any atom is -0.394 e. The van der Waals surface area contributed by atoms with Gasteiger partial charge in [0.2, 0.25) is 0 Å². The summed E-state index contributed by atoms with van der Waals surface area (Å²) in [5, 5.41) is 0. The number of hydrogen-bond donors (Lipinski definition) is 1. The molecule has 2 atom stereocenters. The number of rotatable bonds is 1. The van der Waals surface area contributed by atoms with Gasteiger partial charge in [-0.3, -0.25) is 4.79 Å². The summed E-state index contributed by atoms with van der Waals surface area (Å²) < 4.78 is 26.7. The van der Waals surface area contributed by atoms with Gasteiger partial charge in [0, 0.05) is 18.2 Å². The largest absolute Gasteiger partial charge is 0.394 e. The van der Waals surface area contributed by atoms with E-state index in [1.807, 2.05) is 13.8 Å². The smallest absolute Gasteiger partial charge is 0.254 e. The molecule has 1 fully saturated rings. The summed E-state index contributed by atoms with van der Waals surface area (Å²) >= 11 is 0. The van der Waals surface area contributed by atoms with Crippen LogP contribution in [0.1, 0.15) is 30.6 Å². The molecule has 2 unspecified atom stereocenters. The van der Waals surface area contributed by atoms with E-state index in [2.05, 4.69) is 0 Å². The van der Waals surface area contributed by atoms with Gasteiger partial charge in [-0.1, -0.05) is 6.92 Å². The molecule has 5 heteroatoms. The summed E-state index contributed by atoms with van der Waals surface area (Å²) in [6.45, 7) is 4.60. The van der Waals surface area contributed by atoms with Crippen molar-refractivity contribution in [1.29, 1.82) is 0 Å². The zero-order valence-electron chi connectivity index (χ0n) is 10.4. The second kappa shape index (κ2) is 4.55.